The van der Waals surface area contributed by atoms with Gasteiger partial charge in [-0.05, 0) is 41.5 Å². The smallest absolute Gasteiger partial charge is 0.306 e. The number of benzene rings is 2. The van der Waals surface area contributed by atoms with E-state index in [0.29, 0.717) is 12.0 Å². The summed E-state index contributed by atoms with van der Waals surface area (Å²) in [7, 11) is 0. The van der Waals surface area contributed by atoms with Crippen LogP contribution in [0.15, 0.2) is 42.5 Å². The summed E-state index contributed by atoms with van der Waals surface area (Å²) in [5.41, 5.74) is 1.32. The quantitative estimate of drug-likeness (QED) is 0.622. The number of carbonyl (C=O) groups is 1. The molecule has 2 aromatic rings. The number of hydrogen-bond acceptors (Lipinski definition) is 2. The number of fused-ring (bicyclic) bond motifs is 1. The van der Waals surface area contributed by atoms with Crippen molar-refractivity contribution in [2.45, 2.75) is 51.6 Å². The topological polar surface area (TPSA) is 49.3 Å². The van der Waals surface area contributed by atoms with Crippen LogP contribution in [-0.2, 0) is 11.3 Å². The molecule has 2 aromatic carbocycles. The van der Waals surface area contributed by atoms with E-state index in [0.717, 1.165) is 38.6 Å². The number of halogens is 2. The van der Waals surface area contributed by atoms with E-state index in [4.69, 9.17) is 0 Å². The third kappa shape index (κ3) is 5.35. The molecule has 2 N–H and O–H groups in total. The Morgan fingerprint density at radius 3 is 2.54 bits per heavy atom. The molecule has 1 aliphatic carbocycles. The summed E-state index contributed by atoms with van der Waals surface area (Å²) in [5.74, 6) is -0.416. The van der Waals surface area contributed by atoms with Crippen LogP contribution >= 0.6 is 24.8 Å². The van der Waals surface area contributed by atoms with Crippen molar-refractivity contribution in [3.8, 4) is 0 Å². The number of carboxylic acids is 1. The summed E-state index contributed by atoms with van der Waals surface area (Å²) in [5, 5.41) is 15.6. The Labute approximate surface area is 168 Å². The largest absolute Gasteiger partial charge is 0.481 e. The van der Waals surface area contributed by atoms with Crippen LogP contribution < -0.4 is 5.32 Å². The molecule has 0 bridgehead atoms. The van der Waals surface area contributed by atoms with Gasteiger partial charge in [-0.1, -0.05) is 62.2 Å². The SMILES string of the molecule is CCCCC(C(=O)O)C1CC(NCc2cccc3ccccc23)C1.Cl.Cl. The molecular formula is C21H29Cl2NO2. The van der Waals surface area contributed by atoms with Gasteiger partial charge in [0.15, 0.2) is 0 Å². The highest BCUT2D eigenvalue weighted by Crippen LogP contribution is 2.37. The Bertz CT molecular complexity index is 696. The van der Waals surface area contributed by atoms with E-state index in [2.05, 4.69) is 54.7 Å². The minimum absolute atomic E-state index is 0. The fourth-order valence-electron chi connectivity index (χ4n) is 3.84. The first-order chi connectivity index (χ1) is 11.7. The van der Waals surface area contributed by atoms with Crippen molar-refractivity contribution >= 4 is 41.6 Å². The zero-order chi connectivity index (χ0) is 16.9. The van der Waals surface area contributed by atoms with Crippen LogP contribution in [0.5, 0.6) is 0 Å². The molecule has 26 heavy (non-hydrogen) atoms. The van der Waals surface area contributed by atoms with Crippen molar-refractivity contribution < 1.29 is 9.90 Å². The summed E-state index contributed by atoms with van der Waals surface area (Å²) in [4.78, 5) is 11.5. The van der Waals surface area contributed by atoms with E-state index in [1.807, 2.05) is 0 Å². The molecule has 0 aliphatic heterocycles. The van der Waals surface area contributed by atoms with Gasteiger partial charge in [0.05, 0.1) is 5.92 Å². The van der Waals surface area contributed by atoms with Crippen LogP contribution in [-0.4, -0.2) is 17.1 Å². The van der Waals surface area contributed by atoms with E-state index < -0.39 is 5.97 Å². The molecule has 5 heteroatoms. The van der Waals surface area contributed by atoms with E-state index in [1.165, 1.54) is 16.3 Å². The second kappa shape index (κ2) is 10.8. The van der Waals surface area contributed by atoms with Crippen molar-refractivity contribution in [2.24, 2.45) is 11.8 Å². The van der Waals surface area contributed by atoms with Crippen molar-refractivity contribution in [2.75, 3.05) is 0 Å². The molecule has 0 heterocycles. The number of unbranched alkanes of at least 4 members (excludes halogenated alkanes) is 1. The van der Waals surface area contributed by atoms with Crippen LogP contribution in [0.2, 0.25) is 0 Å². The average Bonchev–Trinajstić information content (AvgIpc) is 2.55. The normalized spacial score (nSPS) is 19.7. The Balaban J connectivity index is 0.00000169. The molecule has 1 fully saturated rings. The fourth-order valence-corrected chi connectivity index (χ4v) is 3.84. The highest BCUT2D eigenvalue weighted by Gasteiger charge is 2.37. The van der Waals surface area contributed by atoms with E-state index >= 15 is 0 Å². The lowest BCUT2D eigenvalue weighted by Gasteiger charge is -2.39. The number of hydrogen-bond donors (Lipinski definition) is 2. The van der Waals surface area contributed by atoms with Crippen LogP contribution in [0, 0.1) is 11.8 Å². The third-order valence-corrected chi connectivity index (χ3v) is 5.39. The highest BCUT2D eigenvalue weighted by molar-refractivity contribution is 5.86. The van der Waals surface area contributed by atoms with Gasteiger partial charge in [0, 0.05) is 12.6 Å². The fraction of sp³-hybridized carbons (Fsp3) is 0.476. The van der Waals surface area contributed by atoms with Gasteiger partial charge in [0.2, 0.25) is 0 Å². The molecule has 0 amide bonds. The van der Waals surface area contributed by atoms with Gasteiger partial charge in [0.1, 0.15) is 0 Å². The lowest BCUT2D eigenvalue weighted by Crippen LogP contribution is -2.45. The molecular weight excluding hydrogens is 369 g/mol. The molecule has 0 spiro atoms. The molecule has 3 nitrogen and oxygen atoms in total. The van der Waals surface area contributed by atoms with Gasteiger partial charge in [-0.2, -0.15) is 0 Å². The van der Waals surface area contributed by atoms with E-state index in [1.54, 1.807) is 0 Å². The summed E-state index contributed by atoms with van der Waals surface area (Å²) >= 11 is 0. The average molecular weight is 398 g/mol. The van der Waals surface area contributed by atoms with Crippen LogP contribution in [0.3, 0.4) is 0 Å². The van der Waals surface area contributed by atoms with Gasteiger partial charge in [0.25, 0.3) is 0 Å². The number of carboxylic acid groups (broad SMARTS) is 1. The standard InChI is InChI=1S/C21H27NO2.2ClH/c1-2-3-10-20(21(23)24)17-12-18(13-17)22-14-16-9-6-8-15-7-4-5-11-19(15)16;;/h4-9,11,17-18,20,22H,2-3,10,12-14H2,1H3,(H,23,24);2*1H. The predicted molar refractivity (Wildman–Crippen MR) is 112 cm³/mol. The second-order valence-corrected chi connectivity index (χ2v) is 7.03. The lowest BCUT2D eigenvalue weighted by atomic mass is 9.70. The first kappa shape index (κ1) is 22.8. The van der Waals surface area contributed by atoms with Gasteiger partial charge < -0.3 is 10.4 Å². The Kier molecular flexibility index (Phi) is 9.42. The summed E-state index contributed by atoms with van der Waals surface area (Å²) in [6.07, 6.45) is 4.89. The Hall–Kier alpha value is -1.29. The van der Waals surface area contributed by atoms with Crippen molar-refractivity contribution in [3.63, 3.8) is 0 Å². The van der Waals surface area contributed by atoms with Crippen molar-refractivity contribution in [3.05, 3.63) is 48.0 Å². The minimum atomic E-state index is -0.610. The molecule has 0 saturated heterocycles. The minimum Gasteiger partial charge on any atom is -0.481 e. The Morgan fingerprint density at radius 2 is 1.85 bits per heavy atom. The third-order valence-electron chi connectivity index (χ3n) is 5.39. The molecule has 1 saturated carbocycles. The second-order valence-electron chi connectivity index (χ2n) is 7.03. The maximum atomic E-state index is 11.5. The zero-order valence-electron chi connectivity index (χ0n) is 15.2. The van der Waals surface area contributed by atoms with E-state index in [9.17, 15) is 9.90 Å². The van der Waals surface area contributed by atoms with Crippen molar-refractivity contribution in [1.29, 1.82) is 0 Å². The molecule has 1 unspecified atom stereocenters. The monoisotopic (exact) mass is 397 g/mol. The van der Waals surface area contributed by atoms with Crippen LogP contribution in [0.1, 0.15) is 44.6 Å². The molecule has 1 aliphatic rings. The molecule has 3 rings (SSSR count). The maximum absolute atomic E-state index is 11.5. The maximum Gasteiger partial charge on any atom is 0.306 e. The lowest BCUT2D eigenvalue weighted by molar-refractivity contribution is -0.145. The molecule has 0 radical (unpaired) electrons. The Morgan fingerprint density at radius 1 is 1.15 bits per heavy atom. The number of nitrogens with one attached hydrogen (secondary N) is 1. The van der Waals surface area contributed by atoms with Gasteiger partial charge in [-0.15, -0.1) is 24.8 Å². The van der Waals surface area contributed by atoms with Gasteiger partial charge in [-0.25, -0.2) is 0 Å². The molecule has 1 atom stereocenters. The van der Waals surface area contributed by atoms with Gasteiger partial charge >= 0.3 is 5.97 Å². The summed E-state index contributed by atoms with van der Waals surface area (Å²) in [6.45, 7) is 2.97. The summed E-state index contributed by atoms with van der Waals surface area (Å²) in [6, 6.07) is 15.3. The summed E-state index contributed by atoms with van der Waals surface area (Å²) < 4.78 is 0. The molecule has 0 aromatic heterocycles. The van der Waals surface area contributed by atoms with E-state index in [-0.39, 0.29) is 30.7 Å². The van der Waals surface area contributed by atoms with Crippen LogP contribution in [0.4, 0.5) is 0 Å². The first-order valence-electron chi connectivity index (χ1n) is 9.12. The number of aliphatic carboxylic acids is 1. The highest BCUT2D eigenvalue weighted by atomic mass is 35.5. The number of rotatable bonds is 8. The van der Waals surface area contributed by atoms with Gasteiger partial charge in [-0.3, -0.25) is 4.79 Å². The zero-order valence-corrected chi connectivity index (χ0v) is 16.8. The van der Waals surface area contributed by atoms with Crippen molar-refractivity contribution in [1.82, 2.24) is 5.32 Å². The first-order valence-corrected chi connectivity index (χ1v) is 9.12. The predicted octanol–water partition coefficient (Wildman–Crippen LogP) is 5.44. The molecule has 144 valence electrons. The van der Waals surface area contributed by atoms with Crippen LogP contribution in [0.25, 0.3) is 10.8 Å².